The van der Waals surface area contributed by atoms with Crippen LogP contribution >= 0.6 is 0 Å². The molecule has 0 saturated carbocycles. The van der Waals surface area contributed by atoms with Crippen LogP contribution in [0, 0.1) is 0 Å². The van der Waals surface area contributed by atoms with Crippen LogP contribution in [0.4, 0.5) is 0 Å². The van der Waals surface area contributed by atoms with Crippen LogP contribution in [0.2, 0.25) is 0 Å². The summed E-state index contributed by atoms with van der Waals surface area (Å²) in [6.07, 6.45) is 1.77. The fourth-order valence-electron chi connectivity index (χ4n) is 5.39. The highest BCUT2D eigenvalue weighted by atomic mass is 16.5. The molecule has 8 heteroatoms. The van der Waals surface area contributed by atoms with Gasteiger partial charge in [-0.15, -0.1) is 0 Å². The molecule has 4 rings (SSSR count). The number of Topliss-reactive ketones (excluding diaryl/α,β-unsaturated/α-hetero) is 1. The van der Waals surface area contributed by atoms with E-state index in [4.69, 9.17) is 23.7 Å². The Kier molecular flexibility index (Phi) is 8.84. The number of hydrogen-bond acceptors (Lipinski definition) is 8. The number of hydrogen-bond donors (Lipinski definition) is 1. The van der Waals surface area contributed by atoms with E-state index in [-0.39, 0.29) is 18.3 Å². The molecule has 1 aliphatic carbocycles. The van der Waals surface area contributed by atoms with Gasteiger partial charge in [-0.2, -0.15) is 0 Å². The summed E-state index contributed by atoms with van der Waals surface area (Å²) >= 11 is 0. The minimum Gasteiger partial charge on any atom is -0.493 e. The van der Waals surface area contributed by atoms with E-state index in [0.29, 0.717) is 59.3 Å². The first-order chi connectivity index (χ1) is 18.9. The van der Waals surface area contributed by atoms with Crippen LogP contribution < -0.4 is 24.3 Å². The molecule has 0 radical (unpaired) electrons. The fourth-order valence-corrected chi connectivity index (χ4v) is 5.39. The summed E-state index contributed by atoms with van der Waals surface area (Å²) in [4.78, 5) is 27.1. The predicted molar refractivity (Wildman–Crippen MR) is 148 cm³/mol. The molecule has 1 aliphatic heterocycles. The molecule has 2 atom stereocenters. The van der Waals surface area contributed by atoms with Gasteiger partial charge in [-0.25, -0.2) is 4.79 Å². The molecule has 8 nitrogen and oxygen atoms in total. The van der Waals surface area contributed by atoms with Crippen LogP contribution in [-0.2, 0) is 14.3 Å². The molecule has 0 saturated heterocycles. The van der Waals surface area contributed by atoms with Crippen molar-refractivity contribution in [3.8, 4) is 23.0 Å². The van der Waals surface area contributed by atoms with E-state index < -0.39 is 11.9 Å². The van der Waals surface area contributed by atoms with E-state index >= 15 is 0 Å². The lowest BCUT2D eigenvalue weighted by atomic mass is 9.71. The quantitative estimate of drug-likeness (QED) is 0.403. The maximum absolute atomic E-state index is 13.9. The lowest BCUT2D eigenvalue weighted by Gasteiger charge is -2.37. The number of benzene rings is 2. The summed E-state index contributed by atoms with van der Waals surface area (Å²) in [6.45, 7) is 6.45. The van der Waals surface area contributed by atoms with Gasteiger partial charge in [-0.1, -0.05) is 19.1 Å². The number of ether oxygens (including phenoxy) is 5. The third kappa shape index (κ3) is 5.60. The average molecular weight is 536 g/mol. The zero-order chi connectivity index (χ0) is 28.1. The molecule has 0 bridgehead atoms. The van der Waals surface area contributed by atoms with Crippen LogP contribution in [-0.4, -0.2) is 46.3 Å². The summed E-state index contributed by atoms with van der Waals surface area (Å²) < 4.78 is 27.8. The van der Waals surface area contributed by atoms with E-state index in [2.05, 4.69) is 5.32 Å². The summed E-state index contributed by atoms with van der Waals surface area (Å²) in [7, 11) is 4.77. The summed E-state index contributed by atoms with van der Waals surface area (Å²) in [5.41, 5.74) is 4.25. The van der Waals surface area contributed by atoms with Gasteiger partial charge in [0.15, 0.2) is 28.8 Å². The SMILES string of the molecule is CCCOc1ccc([C@H]2C(C(=O)OCC)=C(C)NC3=C2C(=O)C[C@H](c2ccc(OC)c(OC)c2)C3)cc1OC. The molecule has 0 fully saturated rings. The minimum absolute atomic E-state index is 0.0203. The maximum Gasteiger partial charge on any atom is 0.336 e. The summed E-state index contributed by atoms with van der Waals surface area (Å²) in [6, 6.07) is 11.3. The molecule has 208 valence electrons. The fraction of sp³-hybridized carbons (Fsp3) is 0.419. The van der Waals surface area contributed by atoms with Crippen molar-refractivity contribution < 1.29 is 33.3 Å². The zero-order valence-electron chi connectivity index (χ0n) is 23.5. The third-order valence-electron chi connectivity index (χ3n) is 7.18. The lowest BCUT2D eigenvalue weighted by molar-refractivity contribution is -0.138. The van der Waals surface area contributed by atoms with Gasteiger partial charge in [0.25, 0.3) is 0 Å². The van der Waals surface area contributed by atoms with Crippen molar-refractivity contribution in [2.24, 2.45) is 0 Å². The van der Waals surface area contributed by atoms with Crippen molar-refractivity contribution in [2.45, 2.75) is 51.9 Å². The third-order valence-corrected chi connectivity index (χ3v) is 7.18. The molecule has 0 spiro atoms. The molecule has 0 aromatic heterocycles. The molecular formula is C31H37NO7. The first kappa shape index (κ1) is 28.1. The van der Waals surface area contributed by atoms with Crippen LogP contribution in [0.5, 0.6) is 23.0 Å². The highest BCUT2D eigenvalue weighted by Crippen LogP contribution is 2.47. The molecule has 1 N–H and O–H groups in total. The number of rotatable bonds is 10. The van der Waals surface area contributed by atoms with E-state index in [1.54, 1.807) is 28.3 Å². The first-order valence-electron chi connectivity index (χ1n) is 13.3. The van der Waals surface area contributed by atoms with Gasteiger partial charge in [0, 0.05) is 29.3 Å². The van der Waals surface area contributed by atoms with Crippen molar-refractivity contribution in [2.75, 3.05) is 34.5 Å². The van der Waals surface area contributed by atoms with E-state index in [1.807, 2.05) is 50.2 Å². The summed E-state index contributed by atoms with van der Waals surface area (Å²) in [5.74, 6) is 1.32. The second kappa shape index (κ2) is 12.3. The van der Waals surface area contributed by atoms with Gasteiger partial charge in [-0.05, 0) is 68.0 Å². The maximum atomic E-state index is 13.9. The molecule has 39 heavy (non-hydrogen) atoms. The lowest BCUT2D eigenvalue weighted by Crippen LogP contribution is -2.36. The van der Waals surface area contributed by atoms with Crippen LogP contribution in [0.25, 0.3) is 0 Å². The van der Waals surface area contributed by atoms with Gasteiger partial charge in [-0.3, -0.25) is 4.79 Å². The monoisotopic (exact) mass is 535 g/mol. The molecule has 0 unspecified atom stereocenters. The van der Waals surface area contributed by atoms with E-state index in [9.17, 15) is 9.59 Å². The zero-order valence-corrected chi connectivity index (χ0v) is 23.5. The van der Waals surface area contributed by atoms with Gasteiger partial charge in [0.05, 0.1) is 40.1 Å². The normalized spacial score (nSPS) is 18.8. The van der Waals surface area contributed by atoms with Crippen LogP contribution in [0.15, 0.2) is 58.9 Å². The minimum atomic E-state index is -0.590. The van der Waals surface area contributed by atoms with Crippen molar-refractivity contribution in [1.82, 2.24) is 5.32 Å². The molecule has 2 aromatic carbocycles. The van der Waals surface area contributed by atoms with Crippen molar-refractivity contribution in [3.05, 3.63) is 70.1 Å². The molecular weight excluding hydrogens is 498 g/mol. The molecule has 0 amide bonds. The Labute approximate surface area is 229 Å². The number of methoxy groups -OCH3 is 3. The van der Waals surface area contributed by atoms with E-state index in [0.717, 1.165) is 23.2 Å². The Morgan fingerprint density at radius 1 is 0.897 bits per heavy atom. The summed E-state index contributed by atoms with van der Waals surface area (Å²) in [5, 5.41) is 3.38. The van der Waals surface area contributed by atoms with Crippen molar-refractivity contribution in [3.63, 3.8) is 0 Å². The molecule has 2 aliphatic rings. The highest BCUT2D eigenvalue weighted by Gasteiger charge is 2.41. The Morgan fingerprint density at radius 2 is 1.54 bits per heavy atom. The number of dihydropyridines is 1. The van der Waals surface area contributed by atoms with Crippen LogP contribution in [0.1, 0.15) is 63.0 Å². The van der Waals surface area contributed by atoms with Crippen LogP contribution in [0.3, 0.4) is 0 Å². The second-order valence-electron chi connectivity index (χ2n) is 9.61. The Morgan fingerprint density at radius 3 is 2.21 bits per heavy atom. The number of carbonyl (C=O) groups is 2. The molecule has 1 heterocycles. The first-order valence-corrected chi connectivity index (χ1v) is 13.3. The second-order valence-corrected chi connectivity index (χ2v) is 9.61. The number of allylic oxidation sites excluding steroid dienone is 3. The highest BCUT2D eigenvalue weighted by molar-refractivity contribution is 6.04. The topological polar surface area (TPSA) is 92.3 Å². The largest absolute Gasteiger partial charge is 0.493 e. The smallest absolute Gasteiger partial charge is 0.336 e. The van der Waals surface area contributed by atoms with Gasteiger partial charge < -0.3 is 29.0 Å². The predicted octanol–water partition coefficient (Wildman–Crippen LogP) is 5.43. The Bertz CT molecular complexity index is 1310. The Balaban J connectivity index is 1.79. The van der Waals surface area contributed by atoms with E-state index in [1.165, 1.54) is 0 Å². The number of carbonyl (C=O) groups excluding carboxylic acids is 2. The number of esters is 1. The number of ketones is 1. The number of nitrogens with one attached hydrogen (secondary N) is 1. The van der Waals surface area contributed by atoms with Gasteiger partial charge >= 0.3 is 5.97 Å². The Hall–Kier alpha value is -3.94. The standard InChI is InChI=1S/C31H37NO7/c1-7-13-39-25-12-10-20(17-27(25)37-6)29-28(31(34)38-8-2)18(3)32-22-14-21(15-23(33)30(22)29)19-9-11-24(35-4)26(16-19)36-5/h9-12,16-17,21,29,32H,7-8,13-15H2,1-6H3/t21-,29+/m1/s1. The van der Waals surface area contributed by atoms with Crippen molar-refractivity contribution >= 4 is 11.8 Å². The van der Waals surface area contributed by atoms with Gasteiger partial charge in [0.2, 0.25) is 0 Å². The van der Waals surface area contributed by atoms with Gasteiger partial charge in [0.1, 0.15) is 0 Å². The molecule has 2 aromatic rings. The average Bonchev–Trinajstić information content (AvgIpc) is 2.94. The van der Waals surface area contributed by atoms with Crippen molar-refractivity contribution in [1.29, 1.82) is 0 Å².